The van der Waals surface area contributed by atoms with Crippen LogP contribution in [0, 0.1) is 11.8 Å². The maximum Gasteiger partial charge on any atom is 0.0850 e. The van der Waals surface area contributed by atoms with Crippen LogP contribution in [0.15, 0.2) is 0 Å². The molecule has 0 aromatic carbocycles. The van der Waals surface area contributed by atoms with Crippen molar-refractivity contribution in [2.75, 3.05) is 0 Å². The normalized spacial score (nSPS) is 27.1. The Kier molecular flexibility index (Phi) is 5.37. The second kappa shape index (κ2) is 6.70. The number of hydrogen-bond acceptors (Lipinski definition) is 2. The summed E-state index contributed by atoms with van der Waals surface area (Å²) >= 11 is 6.44. The van der Waals surface area contributed by atoms with Gasteiger partial charge in [-0.25, -0.2) is 0 Å². The Bertz CT molecular complexity index is 483. The molecule has 120 valence electrons. The highest BCUT2D eigenvalue weighted by molar-refractivity contribution is 6.31. The summed E-state index contributed by atoms with van der Waals surface area (Å²) in [5, 5.41) is 16.2. The molecule has 1 aromatic rings. The van der Waals surface area contributed by atoms with Gasteiger partial charge in [-0.2, -0.15) is 5.10 Å². The van der Waals surface area contributed by atoms with Crippen LogP contribution >= 0.6 is 11.6 Å². The molecular formula is C17H29ClN2O. The Balaban J connectivity index is 2.13. The minimum Gasteiger partial charge on any atom is -0.389 e. The third kappa shape index (κ3) is 3.81. The van der Waals surface area contributed by atoms with Gasteiger partial charge in [0, 0.05) is 13.5 Å². The average Bonchev–Trinajstić information content (AvgIpc) is 2.61. The van der Waals surface area contributed by atoms with E-state index in [9.17, 15) is 5.11 Å². The lowest BCUT2D eigenvalue weighted by Gasteiger charge is -2.27. The summed E-state index contributed by atoms with van der Waals surface area (Å²) in [6.07, 6.45) is 6.66. The topological polar surface area (TPSA) is 38.0 Å². The SMILES string of the molecule is CCc1nn(C)c(CC2(O)CCCC(C(C)C)CC2)c1Cl. The Hall–Kier alpha value is -0.540. The molecule has 1 aromatic heterocycles. The standard InChI is InChI=1S/C17H29ClN2O/c1-5-14-16(18)15(20(4)19-14)11-17(21)9-6-7-13(8-10-17)12(2)3/h12-13,21H,5-11H2,1-4H3. The van der Waals surface area contributed by atoms with E-state index in [4.69, 9.17) is 11.6 Å². The van der Waals surface area contributed by atoms with Crippen molar-refractivity contribution in [2.24, 2.45) is 18.9 Å². The van der Waals surface area contributed by atoms with Crippen LogP contribution in [-0.4, -0.2) is 20.5 Å². The van der Waals surface area contributed by atoms with Gasteiger partial charge in [-0.05, 0) is 37.5 Å². The zero-order valence-electron chi connectivity index (χ0n) is 13.8. The summed E-state index contributed by atoms with van der Waals surface area (Å²) < 4.78 is 1.85. The van der Waals surface area contributed by atoms with Crippen molar-refractivity contribution in [1.29, 1.82) is 0 Å². The molecule has 1 heterocycles. The average molecular weight is 313 g/mol. The highest BCUT2D eigenvalue weighted by Gasteiger charge is 2.33. The Labute approximate surface area is 133 Å². The fourth-order valence-electron chi connectivity index (χ4n) is 3.58. The predicted molar refractivity (Wildman–Crippen MR) is 87.7 cm³/mol. The van der Waals surface area contributed by atoms with E-state index in [0.717, 1.165) is 54.4 Å². The van der Waals surface area contributed by atoms with E-state index in [1.54, 1.807) is 0 Å². The van der Waals surface area contributed by atoms with Crippen LogP contribution in [0.25, 0.3) is 0 Å². The minimum atomic E-state index is -0.619. The van der Waals surface area contributed by atoms with E-state index >= 15 is 0 Å². The molecule has 2 unspecified atom stereocenters. The number of nitrogens with zero attached hydrogens (tertiary/aromatic N) is 2. The Morgan fingerprint density at radius 3 is 2.67 bits per heavy atom. The van der Waals surface area contributed by atoms with Crippen LogP contribution in [0.1, 0.15) is 64.3 Å². The lowest BCUT2D eigenvalue weighted by molar-refractivity contribution is 0.0220. The molecule has 0 amide bonds. The molecule has 0 saturated heterocycles. The first-order valence-electron chi connectivity index (χ1n) is 8.29. The molecule has 1 N–H and O–H groups in total. The van der Waals surface area contributed by atoms with Gasteiger partial charge in [0.2, 0.25) is 0 Å². The van der Waals surface area contributed by atoms with E-state index in [0.29, 0.717) is 12.3 Å². The Morgan fingerprint density at radius 2 is 2.10 bits per heavy atom. The summed E-state index contributed by atoms with van der Waals surface area (Å²) in [7, 11) is 1.93. The molecule has 1 aliphatic rings. The second-order valence-corrected chi connectivity index (χ2v) is 7.40. The molecule has 1 aliphatic carbocycles. The largest absolute Gasteiger partial charge is 0.389 e. The lowest BCUT2D eigenvalue weighted by Crippen LogP contribution is -2.32. The number of hydrogen-bond donors (Lipinski definition) is 1. The quantitative estimate of drug-likeness (QED) is 0.848. The van der Waals surface area contributed by atoms with Crippen LogP contribution in [0.4, 0.5) is 0 Å². The maximum absolute atomic E-state index is 11.0. The zero-order valence-corrected chi connectivity index (χ0v) is 14.6. The van der Waals surface area contributed by atoms with Gasteiger partial charge in [0.1, 0.15) is 0 Å². The smallest absolute Gasteiger partial charge is 0.0850 e. The first-order chi connectivity index (χ1) is 9.86. The van der Waals surface area contributed by atoms with Crippen LogP contribution < -0.4 is 0 Å². The van der Waals surface area contributed by atoms with Gasteiger partial charge in [0.05, 0.1) is 22.0 Å². The van der Waals surface area contributed by atoms with Crippen LogP contribution in [-0.2, 0) is 19.9 Å². The van der Waals surface area contributed by atoms with Crippen molar-refractivity contribution in [3.8, 4) is 0 Å². The highest BCUT2D eigenvalue weighted by atomic mass is 35.5. The van der Waals surface area contributed by atoms with Gasteiger partial charge >= 0.3 is 0 Å². The van der Waals surface area contributed by atoms with Gasteiger partial charge in [0.25, 0.3) is 0 Å². The van der Waals surface area contributed by atoms with Gasteiger partial charge in [-0.15, -0.1) is 0 Å². The number of aryl methyl sites for hydroxylation is 2. The van der Waals surface area contributed by atoms with Crippen molar-refractivity contribution >= 4 is 11.6 Å². The molecule has 21 heavy (non-hydrogen) atoms. The van der Waals surface area contributed by atoms with E-state index < -0.39 is 5.60 Å². The first-order valence-corrected chi connectivity index (χ1v) is 8.66. The summed E-state index contributed by atoms with van der Waals surface area (Å²) in [5.74, 6) is 1.45. The third-order valence-corrected chi connectivity index (χ3v) is 5.58. The van der Waals surface area contributed by atoms with E-state index in [2.05, 4.69) is 25.9 Å². The number of aliphatic hydroxyl groups is 1. The molecule has 2 atom stereocenters. The second-order valence-electron chi connectivity index (χ2n) is 7.02. The highest BCUT2D eigenvalue weighted by Crippen LogP contribution is 2.37. The van der Waals surface area contributed by atoms with Crippen molar-refractivity contribution in [1.82, 2.24) is 9.78 Å². The summed E-state index contributed by atoms with van der Waals surface area (Å²) in [6, 6.07) is 0. The maximum atomic E-state index is 11.0. The number of halogens is 1. The summed E-state index contributed by atoms with van der Waals surface area (Å²) in [6.45, 7) is 6.65. The third-order valence-electron chi connectivity index (χ3n) is 5.14. The minimum absolute atomic E-state index is 0.619. The molecular weight excluding hydrogens is 284 g/mol. The monoisotopic (exact) mass is 312 g/mol. The van der Waals surface area contributed by atoms with Gasteiger partial charge in [-0.1, -0.05) is 45.2 Å². The fraction of sp³-hybridized carbons (Fsp3) is 0.824. The van der Waals surface area contributed by atoms with Crippen LogP contribution in [0.2, 0.25) is 5.02 Å². The molecule has 0 aliphatic heterocycles. The van der Waals surface area contributed by atoms with Crippen LogP contribution in [0.3, 0.4) is 0 Å². The first kappa shape index (κ1) is 16.8. The molecule has 0 spiro atoms. The molecule has 2 rings (SSSR count). The van der Waals surface area contributed by atoms with Gasteiger partial charge < -0.3 is 5.11 Å². The van der Waals surface area contributed by atoms with Crippen LogP contribution in [0.5, 0.6) is 0 Å². The van der Waals surface area contributed by atoms with E-state index in [-0.39, 0.29) is 0 Å². The van der Waals surface area contributed by atoms with E-state index in [1.165, 1.54) is 6.42 Å². The summed E-state index contributed by atoms with van der Waals surface area (Å²) in [4.78, 5) is 0. The number of rotatable bonds is 4. The fourth-order valence-corrected chi connectivity index (χ4v) is 3.94. The van der Waals surface area contributed by atoms with Crippen molar-refractivity contribution in [2.45, 2.75) is 71.3 Å². The lowest BCUT2D eigenvalue weighted by atomic mass is 9.86. The van der Waals surface area contributed by atoms with Crippen molar-refractivity contribution < 1.29 is 5.11 Å². The summed E-state index contributed by atoms with van der Waals surface area (Å²) in [5.41, 5.74) is 1.30. The Morgan fingerprint density at radius 1 is 1.38 bits per heavy atom. The molecule has 0 bridgehead atoms. The molecule has 1 saturated carbocycles. The molecule has 3 nitrogen and oxygen atoms in total. The number of aromatic nitrogens is 2. The van der Waals surface area contributed by atoms with Crippen molar-refractivity contribution in [3.05, 3.63) is 16.4 Å². The predicted octanol–water partition coefficient (Wildman–Crippen LogP) is 4.15. The van der Waals surface area contributed by atoms with Gasteiger partial charge in [0.15, 0.2) is 0 Å². The van der Waals surface area contributed by atoms with Crippen molar-refractivity contribution in [3.63, 3.8) is 0 Å². The zero-order chi connectivity index (χ0) is 15.6. The van der Waals surface area contributed by atoms with Gasteiger partial charge in [-0.3, -0.25) is 4.68 Å². The molecule has 0 radical (unpaired) electrons. The molecule has 4 heteroatoms. The molecule has 1 fully saturated rings. The van der Waals surface area contributed by atoms with E-state index in [1.807, 2.05) is 11.7 Å².